The molecular formula is C18H19NS. The molecule has 1 nitrogen and oxygen atoms in total. The van der Waals surface area contributed by atoms with Gasteiger partial charge in [-0.05, 0) is 46.5 Å². The molecule has 0 bridgehead atoms. The Hall–Kier alpha value is -1.64. The van der Waals surface area contributed by atoms with E-state index in [9.17, 15) is 0 Å². The molecule has 2 heteroatoms. The molecule has 1 heterocycles. The summed E-state index contributed by atoms with van der Waals surface area (Å²) in [5.41, 5.74) is 3.99. The van der Waals surface area contributed by atoms with Crippen LogP contribution in [0.15, 0.2) is 53.9 Å². The minimum atomic E-state index is 0.956. The number of fused-ring (bicyclic) bond motifs is 1. The van der Waals surface area contributed by atoms with E-state index in [0.717, 1.165) is 13.1 Å². The summed E-state index contributed by atoms with van der Waals surface area (Å²) in [6.07, 6.45) is 1.18. The minimum Gasteiger partial charge on any atom is -0.313 e. The summed E-state index contributed by atoms with van der Waals surface area (Å²) in [6, 6.07) is 17.6. The lowest BCUT2D eigenvalue weighted by Gasteiger charge is -2.06. The van der Waals surface area contributed by atoms with E-state index in [1.807, 2.05) is 11.3 Å². The van der Waals surface area contributed by atoms with Gasteiger partial charge < -0.3 is 5.32 Å². The smallest absolute Gasteiger partial charge is 0.0421 e. The molecule has 0 atom stereocenters. The van der Waals surface area contributed by atoms with Crippen molar-refractivity contribution in [3.05, 3.63) is 59.5 Å². The van der Waals surface area contributed by atoms with Gasteiger partial charge in [0.2, 0.25) is 0 Å². The summed E-state index contributed by atoms with van der Waals surface area (Å²) in [7, 11) is 0. The first kappa shape index (κ1) is 13.3. The van der Waals surface area contributed by atoms with Crippen molar-refractivity contribution in [1.82, 2.24) is 5.32 Å². The largest absolute Gasteiger partial charge is 0.313 e. The van der Waals surface area contributed by atoms with Crippen LogP contribution in [0.2, 0.25) is 0 Å². The van der Waals surface area contributed by atoms with Crippen molar-refractivity contribution in [1.29, 1.82) is 0 Å². The molecule has 1 aromatic heterocycles. The van der Waals surface area contributed by atoms with E-state index in [1.54, 1.807) is 0 Å². The average Bonchev–Trinajstić information content (AvgIpc) is 2.97. The van der Waals surface area contributed by atoms with Crippen LogP contribution in [-0.2, 0) is 6.54 Å². The number of hydrogen-bond acceptors (Lipinski definition) is 2. The van der Waals surface area contributed by atoms with Crippen molar-refractivity contribution in [3.8, 4) is 11.1 Å². The fraction of sp³-hybridized carbons (Fsp3) is 0.222. The Morgan fingerprint density at radius 1 is 1.00 bits per heavy atom. The Morgan fingerprint density at radius 2 is 1.85 bits per heavy atom. The second-order valence-electron chi connectivity index (χ2n) is 5.02. The lowest BCUT2D eigenvalue weighted by molar-refractivity contribution is 0.675. The zero-order chi connectivity index (χ0) is 13.8. The standard InChI is InChI=1S/C18H19NS/c1-2-11-19-13-14-6-8-15(9-7-14)17-5-3-4-16-10-12-20-18(16)17/h3-10,12,19H,2,11,13H2,1H3. The highest BCUT2D eigenvalue weighted by atomic mass is 32.1. The SMILES string of the molecule is CCCNCc1ccc(-c2cccc3ccsc23)cc1. The van der Waals surface area contributed by atoms with Gasteiger partial charge in [0, 0.05) is 11.2 Å². The van der Waals surface area contributed by atoms with Crippen LogP contribution >= 0.6 is 11.3 Å². The maximum Gasteiger partial charge on any atom is 0.0421 e. The zero-order valence-corrected chi connectivity index (χ0v) is 12.5. The molecule has 0 unspecified atom stereocenters. The monoisotopic (exact) mass is 281 g/mol. The molecule has 0 aliphatic rings. The van der Waals surface area contributed by atoms with Crippen LogP contribution < -0.4 is 5.32 Å². The summed E-state index contributed by atoms with van der Waals surface area (Å²) in [5, 5.41) is 6.94. The van der Waals surface area contributed by atoms with E-state index in [2.05, 4.69) is 66.2 Å². The molecular weight excluding hydrogens is 262 g/mol. The molecule has 2 aromatic carbocycles. The second-order valence-corrected chi connectivity index (χ2v) is 5.93. The van der Waals surface area contributed by atoms with Crippen LogP contribution in [0, 0.1) is 0 Å². The van der Waals surface area contributed by atoms with E-state index in [0.29, 0.717) is 0 Å². The minimum absolute atomic E-state index is 0.956. The van der Waals surface area contributed by atoms with E-state index < -0.39 is 0 Å². The topological polar surface area (TPSA) is 12.0 Å². The van der Waals surface area contributed by atoms with Crippen molar-refractivity contribution >= 4 is 21.4 Å². The summed E-state index contributed by atoms with van der Waals surface area (Å²) >= 11 is 1.82. The van der Waals surface area contributed by atoms with Crippen molar-refractivity contribution in [2.24, 2.45) is 0 Å². The first-order chi connectivity index (χ1) is 9.88. The predicted molar refractivity (Wildman–Crippen MR) is 89.3 cm³/mol. The van der Waals surface area contributed by atoms with Crippen LogP contribution in [0.5, 0.6) is 0 Å². The van der Waals surface area contributed by atoms with Gasteiger partial charge in [0.25, 0.3) is 0 Å². The quantitative estimate of drug-likeness (QED) is 0.644. The van der Waals surface area contributed by atoms with Gasteiger partial charge in [0.05, 0.1) is 0 Å². The van der Waals surface area contributed by atoms with Crippen molar-refractivity contribution in [2.45, 2.75) is 19.9 Å². The van der Waals surface area contributed by atoms with Crippen LogP contribution in [0.1, 0.15) is 18.9 Å². The third kappa shape index (κ3) is 2.77. The third-order valence-corrected chi connectivity index (χ3v) is 4.46. The van der Waals surface area contributed by atoms with Crippen LogP contribution in [0.25, 0.3) is 21.2 Å². The number of rotatable bonds is 5. The Labute approximate surface area is 124 Å². The lowest BCUT2D eigenvalue weighted by atomic mass is 10.0. The van der Waals surface area contributed by atoms with E-state index in [4.69, 9.17) is 0 Å². The average molecular weight is 281 g/mol. The molecule has 0 radical (unpaired) electrons. The van der Waals surface area contributed by atoms with E-state index in [1.165, 1.54) is 33.2 Å². The van der Waals surface area contributed by atoms with Gasteiger partial charge in [-0.2, -0.15) is 0 Å². The first-order valence-corrected chi connectivity index (χ1v) is 8.02. The zero-order valence-electron chi connectivity index (χ0n) is 11.7. The maximum absolute atomic E-state index is 3.44. The molecule has 102 valence electrons. The highest BCUT2D eigenvalue weighted by Crippen LogP contribution is 2.32. The summed E-state index contributed by atoms with van der Waals surface area (Å²) in [5.74, 6) is 0. The second kappa shape index (κ2) is 6.21. The molecule has 0 amide bonds. The fourth-order valence-electron chi connectivity index (χ4n) is 2.43. The van der Waals surface area contributed by atoms with Crippen LogP contribution in [-0.4, -0.2) is 6.54 Å². The molecule has 3 rings (SSSR count). The van der Waals surface area contributed by atoms with Gasteiger partial charge in [-0.1, -0.05) is 49.4 Å². The Morgan fingerprint density at radius 3 is 2.65 bits per heavy atom. The molecule has 0 spiro atoms. The normalized spacial score (nSPS) is 11.1. The van der Waals surface area contributed by atoms with Crippen molar-refractivity contribution < 1.29 is 0 Å². The highest BCUT2D eigenvalue weighted by Gasteiger charge is 2.04. The predicted octanol–water partition coefficient (Wildman–Crippen LogP) is 5.07. The van der Waals surface area contributed by atoms with Gasteiger partial charge in [0.15, 0.2) is 0 Å². The Kier molecular flexibility index (Phi) is 4.14. The molecule has 20 heavy (non-hydrogen) atoms. The van der Waals surface area contributed by atoms with E-state index >= 15 is 0 Å². The van der Waals surface area contributed by atoms with Gasteiger partial charge in [-0.25, -0.2) is 0 Å². The maximum atomic E-state index is 3.44. The molecule has 0 aliphatic heterocycles. The van der Waals surface area contributed by atoms with Crippen LogP contribution in [0.3, 0.4) is 0 Å². The van der Waals surface area contributed by atoms with Gasteiger partial charge >= 0.3 is 0 Å². The molecule has 0 aliphatic carbocycles. The molecule has 1 N–H and O–H groups in total. The van der Waals surface area contributed by atoms with Gasteiger partial charge in [-0.3, -0.25) is 0 Å². The lowest BCUT2D eigenvalue weighted by Crippen LogP contribution is -2.13. The summed E-state index contributed by atoms with van der Waals surface area (Å²) in [4.78, 5) is 0. The molecule has 0 saturated heterocycles. The van der Waals surface area contributed by atoms with Gasteiger partial charge in [0.1, 0.15) is 0 Å². The first-order valence-electron chi connectivity index (χ1n) is 7.14. The number of thiophene rings is 1. The fourth-order valence-corrected chi connectivity index (χ4v) is 3.37. The molecule has 3 aromatic rings. The number of nitrogens with one attached hydrogen (secondary N) is 1. The number of hydrogen-bond donors (Lipinski definition) is 1. The van der Waals surface area contributed by atoms with Crippen LogP contribution in [0.4, 0.5) is 0 Å². The van der Waals surface area contributed by atoms with E-state index in [-0.39, 0.29) is 0 Å². The van der Waals surface area contributed by atoms with Crippen molar-refractivity contribution in [2.75, 3.05) is 6.54 Å². The molecule has 0 fully saturated rings. The van der Waals surface area contributed by atoms with Gasteiger partial charge in [-0.15, -0.1) is 11.3 Å². The Bertz CT molecular complexity index is 682. The third-order valence-electron chi connectivity index (χ3n) is 3.50. The molecule has 0 saturated carbocycles. The van der Waals surface area contributed by atoms with Crippen molar-refractivity contribution in [3.63, 3.8) is 0 Å². The Balaban J connectivity index is 1.85. The summed E-state index contributed by atoms with van der Waals surface area (Å²) < 4.78 is 1.38. The highest BCUT2D eigenvalue weighted by molar-refractivity contribution is 7.17. The summed E-state index contributed by atoms with van der Waals surface area (Å²) in [6.45, 7) is 4.23. The number of benzene rings is 2.